The lowest BCUT2D eigenvalue weighted by atomic mass is 10.1. The summed E-state index contributed by atoms with van der Waals surface area (Å²) in [5, 5.41) is 16.2. The van der Waals surface area contributed by atoms with Gasteiger partial charge in [-0.1, -0.05) is 18.2 Å². The van der Waals surface area contributed by atoms with Gasteiger partial charge < -0.3 is 10.6 Å². The molecule has 1 heterocycles. The van der Waals surface area contributed by atoms with E-state index in [1.54, 1.807) is 6.07 Å². The SMILES string of the molecule is CNCCNc1cc(C#N)c2ccccc2n1. The molecule has 4 heteroatoms. The molecular formula is C13H14N4. The summed E-state index contributed by atoms with van der Waals surface area (Å²) in [5.74, 6) is 0.746. The molecule has 0 unspecified atom stereocenters. The molecule has 0 radical (unpaired) electrons. The van der Waals surface area contributed by atoms with E-state index in [4.69, 9.17) is 5.26 Å². The lowest BCUT2D eigenvalue weighted by Gasteiger charge is -2.07. The highest BCUT2D eigenvalue weighted by molar-refractivity contribution is 5.86. The highest BCUT2D eigenvalue weighted by atomic mass is 15.0. The van der Waals surface area contributed by atoms with Crippen molar-refractivity contribution in [1.82, 2.24) is 10.3 Å². The lowest BCUT2D eigenvalue weighted by molar-refractivity contribution is 0.822. The van der Waals surface area contributed by atoms with Crippen LogP contribution in [0.5, 0.6) is 0 Å². The molecule has 1 aromatic heterocycles. The van der Waals surface area contributed by atoms with E-state index in [1.165, 1.54) is 0 Å². The molecule has 4 nitrogen and oxygen atoms in total. The normalized spacial score (nSPS) is 10.1. The average molecular weight is 226 g/mol. The van der Waals surface area contributed by atoms with Crippen LogP contribution in [0.3, 0.4) is 0 Å². The maximum atomic E-state index is 9.11. The molecule has 0 aliphatic rings. The fraction of sp³-hybridized carbons (Fsp3) is 0.231. The first kappa shape index (κ1) is 11.4. The summed E-state index contributed by atoms with van der Waals surface area (Å²) >= 11 is 0. The number of pyridine rings is 1. The fourth-order valence-electron chi connectivity index (χ4n) is 1.67. The predicted octanol–water partition coefficient (Wildman–Crippen LogP) is 1.74. The number of nitrogens with one attached hydrogen (secondary N) is 2. The van der Waals surface area contributed by atoms with E-state index in [9.17, 15) is 0 Å². The lowest BCUT2D eigenvalue weighted by Crippen LogP contribution is -2.18. The summed E-state index contributed by atoms with van der Waals surface area (Å²) in [4.78, 5) is 4.47. The van der Waals surface area contributed by atoms with Gasteiger partial charge in [-0.15, -0.1) is 0 Å². The summed E-state index contributed by atoms with van der Waals surface area (Å²) in [5.41, 5.74) is 1.50. The zero-order valence-corrected chi connectivity index (χ0v) is 9.70. The van der Waals surface area contributed by atoms with Crippen LogP contribution in [0.4, 0.5) is 5.82 Å². The first-order valence-corrected chi connectivity index (χ1v) is 5.53. The van der Waals surface area contributed by atoms with Crippen LogP contribution in [-0.4, -0.2) is 25.1 Å². The number of likely N-dealkylation sites (N-methyl/N-ethyl adjacent to an activating group) is 1. The first-order valence-electron chi connectivity index (χ1n) is 5.53. The van der Waals surface area contributed by atoms with E-state index in [0.717, 1.165) is 29.8 Å². The Labute approximate surface area is 100 Å². The molecule has 0 bridgehead atoms. The van der Waals surface area contributed by atoms with Crippen LogP contribution in [-0.2, 0) is 0 Å². The molecule has 0 amide bonds. The van der Waals surface area contributed by atoms with Gasteiger partial charge in [0.2, 0.25) is 0 Å². The Balaban J connectivity index is 2.36. The number of rotatable bonds is 4. The topological polar surface area (TPSA) is 60.7 Å². The van der Waals surface area contributed by atoms with E-state index in [0.29, 0.717) is 5.56 Å². The second-order valence-electron chi connectivity index (χ2n) is 3.71. The molecule has 1 aromatic carbocycles. The van der Waals surface area contributed by atoms with Gasteiger partial charge in [0.1, 0.15) is 5.82 Å². The Hall–Kier alpha value is -2.12. The van der Waals surface area contributed by atoms with Gasteiger partial charge >= 0.3 is 0 Å². The van der Waals surface area contributed by atoms with Crippen molar-refractivity contribution in [3.63, 3.8) is 0 Å². The molecule has 17 heavy (non-hydrogen) atoms. The highest BCUT2D eigenvalue weighted by Gasteiger charge is 2.04. The van der Waals surface area contributed by atoms with E-state index in [-0.39, 0.29) is 0 Å². The molecule has 0 spiro atoms. The molecule has 0 fully saturated rings. The van der Waals surface area contributed by atoms with Crippen molar-refractivity contribution in [1.29, 1.82) is 5.26 Å². The van der Waals surface area contributed by atoms with Gasteiger partial charge in [-0.2, -0.15) is 5.26 Å². The smallest absolute Gasteiger partial charge is 0.128 e. The van der Waals surface area contributed by atoms with Crippen LogP contribution >= 0.6 is 0 Å². The van der Waals surface area contributed by atoms with Crippen molar-refractivity contribution in [3.8, 4) is 6.07 Å². The monoisotopic (exact) mass is 226 g/mol. The van der Waals surface area contributed by atoms with Crippen molar-refractivity contribution in [2.24, 2.45) is 0 Å². The van der Waals surface area contributed by atoms with Gasteiger partial charge in [0.05, 0.1) is 17.1 Å². The van der Waals surface area contributed by atoms with Crippen LogP contribution in [0.25, 0.3) is 10.9 Å². The first-order chi connectivity index (χ1) is 8.35. The number of anilines is 1. The Kier molecular flexibility index (Phi) is 3.53. The number of benzene rings is 1. The van der Waals surface area contributed by atoms with Crippen molar-refractivity contribution >= 4 is 16.7 Å². The minimum absolute atomic E-state index is 0.655. The maximum Gasteiger partial charge on any atom is 0.128 e. The van der Waals surface area contributed by atoms with Crippen LogP contribution in [0.2, 0.25) is 0 Å². The van der Waals surface area contributed by atoms with Gasteiger partial charge in [0.25, 0.3) is 0 Å². The highest BCUT2D eigenvalue weighted by Crippen LogP contribution is 2.19. The molecule has 2 aromatic rings. The largest absolute Gasteiger partial charge is 0.369 e. The van der Waals surface area contributed by atoms with Crippen LogP contribution in [0.1, 0.15) is 5.56 Å². The Morgan fingerprint density at radius 1 is 1.29 bits per heavy atom. The maximum absolute atomic E-state index is 9.11. The third-order valence-corrected chi connectivity index (χ3v) is 2.52. The van der Waals surface area contributed by atoms with Gasteiger partial charge in [0, 0.05) is 18.5 Å². The van der Waals surface area contributed by atoms with Crippen molar-refractivity contribution in [2.45, 2.75) is 0 Å². The summed E-state index contributed by atoms with van der Waals surface area (Å²) in [6, 6.07) is 11.7. The molecular weight excluding hydrogens is 212 g/mol. The molecule has 2 N–H and O–H groups in total. The molecule has 0 atom stereocenters. The van der Waals surface area contributed by atoms with Gasteiger partial charge in [-0.25, -0.2) is 4.98 Å². The molecule has 0 saturated heterocycles. The number of para-hydroxylation sites is 1. The molecule has 0 saturated carbocycles. The minimum Gasteiger partial charge on any atom is -0.369 e. The third kappa shape index (κ3) is 2.52. The number of nitrogens with zero attached hydrogens (tertiary/aromatic N) is 2. The molecule has 0 aliphatic heterocycles. The molecule has 2 rings (SSSR count). The standard InChI is InChI=1S/C13H14N4/c1-15-6-7-16-13-8-10(9-14)11-4-2-3-5-12(11)17-13/h2-5,8,15H,6-7H2,1H3,(H,16,17). The Bertz CT molecular complexity index is 557. The van der Waals surface area contributed by atoms with Crippen molar-refractivity contribution in [3.05, 3.63) is 35.9 Å². The van der Waals surface area contributed by atoms with Crippen LogP contribution < -0.4 is 10.6 Å². The minimum atomic E-state index is 0.655. The number of hydrogen-bond acceptors (Lipinski definition) is 4. The Morgan fingerprint density at radius 2 is 2.12 bits per heavy atom. The summed E-state index contributed by atoms with van der Waals surface area (Å²) in [6.07, 6.45) is 0. The number of aromatic nitrogens is 1. The van der Waals surface area contributed by atoms with Crippen LogP contribution in [0, 0.1) is 11.3 Å². The van der Waals surface area contributed by atoms with E-state index >= 15 is 0 Å². The summed E-state index contributed by atoms with van der Waals surface area (Å²) < 4.78 is 0. The quantitative estimate of drug-likeness (QED) is 0.779. The summed E-state index contributed by atoms with van der Waals surface area (Å²) in [7, 11) is 1.90. The van der Waals surface area contributed by atoms with Gasteiger partial charge in [-0.05, 0) is 19.2 Å². The second-order valence-corrected chi connectivity index (χ2v) is 3.71. The van der Waals surface area contributed by atoms with Crippen molar-refractivity contribution in [2.75, 3.05) is 25.5 Å². The zero-order chi connectivity index (χ0) is 12.1. The number of hydrogen-bond donors (Lipinski definition) is 2. The Morgan fingerprint density at radius 3 is 2.88 bits per heavy atom. The van der Waals surface area contributed by atoms with Crippen molar-refractivity contribution < 1.29 is 0 Å². The average Bonchev–Trinajstić information content (AvgIpc) is 2.38. The van der Waals surface area contributed by atoms with E-state index in [2.05, 4.69) is 21.7 Å². The zero-order valence-electron chi connectivity index (χ0n) is 9.70. The van der Waals surface area contributed by atoms with E-state index in [1.807, 2.05) is 31.3 Å². The van der Waals surface area contributed by atoms with Gasteiger partial charge in [-0.3, -0.25) is 0 Å². The predicted molar refractivity (Wildman–Crippen MR) is 68.9 cm³/mol. The third-order valence-electron chi connectivity index (χ3n) is 2.52. The van der Waals surface area contributed by atoms with E-state index < -0.39 is 0 Å². The van der Waals surface area contributed by atoms with Gasteiger partial charge in [0.15, 0.2) is 0 Å². The summed E-state index contributed by atoms with van der Waals surface area (Å²) in [6.45, 7) is 1.64. The number of fused-ring (bicyclic) bond motifs is 1. The molecule has 0 aliphatic carbocycles. The number of nitriles is 1. The fourth-order valence-corrected chi connectivity index (χ4v) is 1.67. The molecule has 86 valence electrons. The second kappa shape index (κ2) is 5.28. The van der Waals surface area contributed by atoms with Crippen LogP contribution in [0.15, 0.2) is 30.3 Å².